The Morgan fingerprint density at radius 3 is 2.43 bits per heavy atom. The Bertz CT molecular complexity index is 411. The first-order valence-corrected chi connectivity index (χ1v) is 7.81. The number of nitrogen functional groups attached to an aromatic ring is 1. The summed E-state index contributed by atoms with van der Waals surface area (Å²) in [5.41, 5.74) is 7.34. The van der Waals surface area contributed by atoms with Crippen LogP contribution in [0.25, 0.3) is 0 Å². The summed E-state index contributed by atoms with van der Waals surface area (Å²) < 4.78 is 0. The van der Waals surface area contributed by atoms with Gasteiger partial charge in [-0.25, -0.2) is 0 Å². The van der Waals surface area contributed by atoms with Crippen LogP contribution in [0, 0.1) is 0 Å². The Kier molecular flexibility index (Phi) is 10.7. The lowest BCUT2D eigenvalue weighted by atomic mass is 10.1. The average Bonchev–Trinajstić information content (AvgIpc) is 2.43. The van der Waals surface area contributed by atoms with Crippen molar-refractivity contribution in [1.29, 1.82) is 0 Å². The third-order valence-electron chi connectivity index (χ3n) is 3.20. The van der Waals surface area contributed by atoms with E-state index in [-0.39, 0.29) is 30.7 Å². The van der Waals surface area contributed by atoms with Crippen molar-refractivity contribution in [3.8, 4) is 0 Å². The minimum Gasteiger partial charge on any atom is -0.399 e. The van der Waals surface area contributed by atoms with Gasteiger partial charge in [-0.1, -0.05) is 12.1 Å². The summed E-state index contributed by atoms with van der Waals surface area (Å²) >= 11 is 2.00. The van der Waals surface area contributed by atoms with Crippen LogP contribution in [0.1, 0.15) is 5.56 Å². The number of nitrogens with two attached hydrogens (primary N) is 1. The van der Waals surface area contributed by atoms with Crippen molar-refractivity contribution in [3.63, 3.8) is 0 Å². The Hall–Kier alpha value is -0.620. The molecule has 0 unspecified atom stereocenters. The highest BCUT2D eigenvalue weighted by atomic mass is 35.5. The molecule has 0 spiro atoms. The molecule has 0 saturated carbocycles. The number of rotatable bonds is 5. The normalized spacial score (nSPS) is 14.7. The molecule has 21 heavy (non-hydrogen) atoms. The van der Waals surface area contributed by atoms with Crippen LogP contribution in [0.5, 0.6) is 0 Å². The number of carbonyl (C=O) groups excluding carboxylic acids is 1. The van der Waals surface area contributed by atoms with E-state index < -0.39 is 0 Å². The molecule has 2 rings (SSSR count). The van der Waals surface area contributed by atoms with Crippen LogP contribution in [-0.2, 0) is 11.2 Å². The standard InChI is InChI=1S/C14H21N3OS.2ClH/c15-13-3-1-12(2-4-13)11-14(18)16-5-6-17-7-9-19-10-8-17;;/h1-4H,5-11,15H2,(H,16,18);2*1H. The highest BCUT2D eigenvalue weighted by molar-refractivity contribution is 7.99. The number of nitrogens with one attached hydrogen (secondary N) is 1. The lowest BCUT2D eigenvalue weighted by molar-refractivity contribution is -0.120. The summed E-state index contributed by atoms with van der Waals surface area (Å²) in [7, 11) is 0. The third kappa shape index (κ3) is 7.81. The molecular weight excluding hydrogens is 329 g/mol. The lowest BCUT2D eigenvalue weighted by Gasteiger charge is -2.25. The van der Waals surface area contributed by atoms with Gasteiger partial charge in [-0.05, 0) is 17.7 Å². The van der Waals surface area contributed by atoms with Crippen LogP contribution < -0.4 is 11.1 Å². The quantitative estimate of drug-likeness (QED) is 0.794. The van der Waals surface area contributed by atoms with Gasteiger partial charge in [0, 0.05) is 43.4 Å². The molecule has 1 saturated heterocycles. The van der Waals surface area contributed by atoms with Crippen LogP contribution >= 0.6 is 36.6 Å². The zero-order valence-corrected chi connectivity index (χ0v) is 14.4. The number of carbonyl (C=O) groups is 1. The number of hydrogen-bond donors (Lipinski definition) is 2. The number of hydrogen-bond acceptors (Lipinski definition) is 4. The molecule has 0 aliphatic carbocycles. The van der Waals surface area contributed by atoms with Crippen molar-refractivity contribution in [2.75, 3.05) is 43.4 Å². The maximum Gasteiger partial charge on any atom is 0.224 e. The lowest BCUT2D eigenvalue weighted by Crippen LogP contribution is -2.39. The molecule has 1 aliphatic rings. The van der Waals surface area contributed by atoms with E-state index in [2.05, 4.69) is 10.2 Å². The fourth-order valence-corrected chi connectivity index (χ4v) is 3.04. The molecular formula is C14H23Cl2N3OS. The molecule has 1 aromatic rings. The molecule has 4 nitrogen and oxygen atoms in total. The van der Waals surface area contributed by atoms with E-state index in [9.17, 15) is 4.79 Å². The predicted molar refractivity (Wildman–Crippen MR) is 95.8 cm³/mol. The summed E-state index contributed by atoms with van der Waals surface area (Å²) in [6, 6.07) is 7.45. The number of thioether (sulfide) groups is 1. The first kappa shape index (κ1) is 20.4. The van der Waals surface area contributed by atoms with Gasteiger partial charge in [0.15, 0.2) is 0 Å². The molecule has 120 valence electrons. The molecule has 1 aliphatic heterocycles. The summed E-state index contributed by atoms with van der Waals surface area (Å²) in [6.07, 6.45) is 0.427. The summed E-state index contributed by atoms with van der Waals surface area (Å²) in [5, 5.41) is 2.97. The highest BCUT2D eigenvalue weighted by Gasteiger charge is 2.10. The van der Waals surface area contributed by atoms with E-state index in [0.29, 0.717) is 6.42 Å². The second kappa shape index (κ2) is 11.0. The van der Waals surface area contributed by atoms with Crippen LogP contribution in [0.2, 0.25) is 0 Å². The molecule has 0 bridgehead atoms. The molecule has 1 amide bonds. The largest absolute Gasteiger partial charge is 0.399 e. The number of anilines is 1. The molecule has 0 aromatic heterocycles. The molecule has 1 aromatic carbocycles. The average molecular weight is 352 g/mol. The van der Waals surface area contributed by atoms with E-state index in [4.69, 9.17) is 5.73 Å². The van der Waals surface area contributed by atoms with Crippen molar-refractivity contribution in [1.82, 2.24) is 10.2 Å². The minimum atomic E-state index is 0. The van der Waals surface area contributed by atoms with Gasteiger partial charge in [0.05, 0.1) is 6.42 Å². The van der Waals surface area contributed by atoms with E-state index >= 15 is 0 Å². The van der Waals surface area contributed by atoms with Gasteiger partial charge in [-0.2, -0.15) is 11.8 Å². The minimum absolute atomic E-state index is 0. The Morgan fingerprint density at radius 2 is 1.81 bits per heavy atom. The first-order chi connectivity index (χ1) is 9.24. The smallest absolute Gasteiger partial charge is 0.224 e. The van der Waals surface area contributed by atoms with Gasteiger partial charge in [-0.3, -0.25) is 9.69 Å². The molecule has 1 heterocycles. The molecule has 0 atom stereocenters. The second-order valence-corrected chi connectivity index (χ2v) is 5.95. The highest BCUT2D eigenvalue weighted by Crippen LogP contribution is 2.08. The monoisotopic (exact) mass is 351 g/mol. The predicted octanol–water partition coefficient (Wildman–Crippen LogP) is 1.82. The van der Waals surface area contributed by atoms with Crippen LogP contribution in [-0.4, -0.2) is 48.5 Å². The molecule has 1 fully saturated rings. The van der Waals surface area contributed by atoms with Gasteiger partial charge in [0.25, 0.3) is 0 Å². The van der Waals surface area contributed by atoms with Gasteiger partial charge in [0.2, 0.25) is 5.91 Å². The van der Waals surface area contributed by atoms with Crippen LogP contribution in [0.4, 0.5) is 5.69 Å². The Morgan fingerprint density at radius 1 is 1.19 bits per heavy atom. The van der Waals surface area contributed by atoms with Gasteiger partial charge < -0.3 is 11.1 Å². The van der Waals surface area contributed by atoms with E-state index in [1.165, 1.54) is 11.5 Å². The van der Waals surface area contributed by atoms with Gasteiger partial charge in [-0.15, -0.1) is 24.8 Å². The summed E-state index contributed by atoms with van der Waals surface area (Å²) in [5.74, 6) is 2.50. The van der Waals surface area contributed by atoms with E-state index in [1.807, 2.05) is 36.0 Å². The second-order valence-electron chi connectivity index (χ2n) is 4.72. The summed E-state index contributed by atoms with van der Waals surface area (Å²) in [6.45, 7) is 3.96. The number of amides is 1. The summed E-state index contributed by atoms with van der Waals surface area (Å²) in [4.78, 5) is 14.2. The van der Waals surface area contributed by atoms with Crippen molar-refractivity contribution in [2.24, 2.45) is 0 Å². The zero-order valence-electron chi connectivity index (χ0n) is 11.9. The topological polar surface area (TPSA) is 58.4 Å². The van der Waals surface area contributed by atoms with Crippen LogP contribution in [0.15, 0.2) is 24.3 Å². The van der Waals surface area contributed by atoms with Crippen molar-refractivity contribution < 1.29 is 4.79 Å². The first-order valence-electron chi connectivity index (χ1n) is 6.65. The van der Waals surface area contributed by atoms with Crippen molar-refractivity contribution in [3.05, 3.63) is 29.8 Å². The van der Waals surface area contributed by atoms with Crippen LogP contribution in [0.3, 0.4) is 0 Å². The SMILES string of the molecule is Cl.Cl.Nc1ccc(CC(=O)NCCN2CCSCC2)cc1. The van der Waals surface area contributed by atoms with Gasteiger partial charge >= 0.3 is 0 Å². The number of halogens is 2. The number of nitrogens with zero attached hydrogens (tertiary/aromatic N) is 1. The van der Waals surface area contributed by atoms with Crippen molar-refractivity contribution >= 4 is 48.2 Å². The van der Waals surface area contributed by atoms with Crippen molar-refractivity contribution in [2.45, 2.75) is 6.42 Å². The zero-order chi connectivity index (χ0) is 13.5. The van der Waals surface area contributed by atoms with Gasteiger partial charge in [0.1, 0.15) is 0 Å². The Labute approximate surface area is 143 Å². The molecule has 7 heteroatoms. The third-order valence-corrected chi connectivity index (χ3v) is 4.14. The molecule has 3 N–H and O–H groups in total. The fourth-order valence-electron chi connectivity index (χ4n) is 2.06. The van der Waals surface area contributed by atoms with E-state index in [0.717, 1.165) is 37.4 Å². The Balaban J connectivity index is 0.00000200. The fraction of sp³-hybridized carbons (Fsp3) is 0.500. The number of benzene rings is 1. The van der Waals surface area contributed by atoms with E-state index in [1.54, 1.807) is 0 Å². The maximum absolute atomic E-state index is 11.8. The molecule has 0 radical (unpaired) electrons. The maximum atomic E-state index is 11.8.